The SMILES string of the molecule is Cc1cc(C)cc(NC(=O)C(c2ccccc2)N2CCC[C@H](C(N)=O)C2)c1. The van der Waals surface area contributed by atoms with Crippen LogP contribution in [0.25, 0.3) is 0 Å². The Labute approximate surface area is 160 Å². The lowest BCUT2D eigenvalue weighted by Crippen LogP contribution is -2.46. The number of nitrogens with two attached hydrogens (primary N) is 1. The third-order valence-corrected chi connectivity index (χ3v) is 5.07. The number of carbonyl (C=O) groups excluding carboxylic acids is 2. The fourth-order valence-electron chi connectivity index (χ4n) is 3.89. The minimum absolute atomic E-state index is 0.0867. The monoisotopic (exact) mass is 365 g/mol. The molecule has 1 aliphatic heterocycles. The van der Waals surface area contributed by atoms with E-state index in [2.05, 4.69) is 16.3 Å². The zero-order valence-corrected chi connectivity index (χ0v) is 15.9. The van der Waals surface area contributed by atoms with Crippen LogP contribution in [0.15, 0.2) is 48.5 Å². The summed E-state index contributed by atoms with van der Waals surface area (Å²) in [5, 5.41) is 3.07. The number of amides is 2. The highest BCUT2D eigenvalue weighted by Gasteiger charge is 2.33. The number of likely N-dealkylation sites (tertiary alicyclic amines) is 1. The molecular formula is C22H27N3O2. The molecule has 2 amide bonds. The highest BCUT2D eigenvalue weighted by atomic mass is 16.2. The molecule has 3 rings (SSSR count). The van der Waals surface area contributed by atoms with Crippen LogP contribution in [-0.2, 0) is 9.59 Å². The van der Waals surface area contributed by atoms with Crippen molar-refractivity contribution in [3.8, 4) is 0 Å². The molecule has 1 saturated heterocycles. The zero-order chi connectivity index (χ0) is 19.4. The summed E-state index contributed by atoms with van der Waals surface area (Å²) in [6.07, 6.45) is 1.64. The van der Waals surface area contributed by atoms with Gasteiger partial charge in [0, 0.05) is 12.2 Å². The number of primary amides is 1. The maximum Gasteiger partial charge on any atom is 0.246 e. The lowest BCUT2D eigenvalue weighted by atomic mass is 9.94. The second-order valence-corrected chi connectivity index (χ2v) is 7.42. The largest absolute Gasteiger partial charge is 0.369 e. The molecule has 0 aliphatic carbocycles. The highest BCUT2D eigenvalue weighted by Crippen LogP contribution is 2.28. The van der Waals surface area contributed by atoms with Gasteiger partial charge in [-0.1, -0.05) is 36.4 Å². The van der Waals surface area contributed by atoms with Crippen LogP contribution < -0.4 is 11.1 Å². The lowest BCUT2D eigenvalue weighted by Gasteiger charge is -2.36. The van der Waals surface area contributed by atoms with Crippen molar-refractivity contribution < 1.29 is 9.59 Å². The second kappa shape index (κ2) is 8.35. The predicted molar refractivity (Wildman–Crippen MR) is 107 cm³/mol. The fourth-order valence-corrected chi connectivity index (χ4v) is 3.89. The standard InChI is InChI=1S/C22H27N3O2/c1-15-11-16(2)13-19(12-15)24-22(27)20(17-7-4-3-5-8-17)25-10-6-9-18(14-25)21(23)26/h3-5,7-8,11-13,18,20H,6,9-10,14H2,1-2H3,(H2,23,26)(H,24,27)/t18-,20?/m0/s1. The van der Waals surface area contributed by atoms with Gasteiger partial charge in [0.2, 0.25) is 11.8 Å². The first-order valence-electron chi connectivity index (χ1n) is 9.41. The molecule has 142 valence electrons. The van der Waals surface area contributed by atoms with Crippen molar-refractivity contribution in [2.75, 3.05) is 18.4 Å². The molecule has 3 N–H and O–H groups in total. The fraction of sp³-hybridized carbons (Fsp3) is 0.364. The molecule has 2 aromatic carbocycles. The summed E-state index contributed by atoms with van der Waals surface area (Å²) in [5.74, 6) is -0.587. The number of piperidine rings is 1. The summed E-state index contributed by atoms with van der Waals surface area (Å²) in [6, 6.07) is 15.3. The Morgan fingerprint density at radius 3 is 2.41 bits per heavy atom. The molecule has 0 radical (unpaired) electrons. The first-order valence-corrected chi connectivity index (χ1v) is 9.41. The van der Waals surface area contributed by atoms with Crippen molar-refractivity contribution >= 4 is 17.5 Å². The minimum atomic E-state index is -0.450. The average molecular weight is 365 g/mol. The van der Waals surface area contributed by atoms with E-state index in [-0.39, 0.29) is 17.7 Å². The van der Waals surface area contributed by atoms with Gasteiger partial charge in [-0.15, -0.1) is 0 Å². The third-order valence-electron chi connectivity index (χ3n) is 5.07. The van der Waals surface area contributed by atoms with Gasteiger partial charge in [-0.05, 0) is 62.1 Å². The Kier molecular flexibility index (Phi) is 5.91. The highest BCUT2D eigenvalue weighted by molar-refractivity contribution is 5.95. The molecule has 1 unspecified atom stereocenters. The Balaban J connectivity index is 1.87. The summed E-state index contributed by atoms with van der Waals surface area (Å²) in [4.78, 5) is 27.0. The molecule has 0 saturated carbocycles. The van der Waals surface area contributed by atoms with Gasteiger partial charge in [0.25, 0.3) is 0 Å². The van der Waals surface area contributed by atoms with Gasteiger partial charge in [0.05, 0.1) is 5.92 Å². The molecule has 2 aromatic rings. The maximum atomic E-state index is 13.2. The van der Waals surface area contributed by atoms with E-state index in [1.807, 2.05) is 56.3 Å². The molecule has 0 spiro atoms. The summed E-state index contributed by atoms with van der Waals surface area (Å²) >= 11 is 0. The summed E-state index contributed by atoms with van der Waals surface area (Å²) in [7, 11) is 0. The summed E-state index contributed by atoms with van der Waals surface area (Å²) < 4.78 is 0. The quantitative estimate of drug-likeness (QED) is 0.854. The summed E-state index contributed by atoms with van der Waals surface area (Å²) in [5.41, 5.74) is 9.46. The molecule has 0 bridgehead atoms. The molecule has 27 heavy (non-hydrogen) atoms. The Hall–Kier alpha value is -2.66. The molecule has 2 atom stereocenters. The van der Waals surface area contributed by atoms with E-state index in [1.54, 1.807) is 0 Å². The van der Waals surface area contributed by atoms with Crippen molar-refractivity contribution in [3.05, 3.63) is 65.2 Å². The van der Waals surface area contributed by atoms with Crippen LogP contribution in [0.1, 0.15) is 35.6 Å². The molecule has 0 aromatic heterocycles. The lowest BCUT2D eigenvalue weighted by molar-refractivity contribution is -0.127. The van der Waals surface area contributed by atoms with E-state index in [0.717, 1.165) is 41.8 Å². The number of hydrogen-bond acceptors (Lipinski definition) is 3. The van der Waals surface area contributed by atoms with E-state index >= 15 is 0 Å². The van der Waals surface area contributed by atoms with Crippen LogP contribution in [-0.4, -0.2) is 29.8 Å². The minimum Gasteiger partial charge on any atom is -0.369 e. The first-order chi connectivity index (χ1) is 12.9. The molecule has 5 heteroatoms. The van der Waals surface area contributed by atoms with Crippen molar-refractivity contribution in [2.24, 2.45) is 11.7 Å². The number of aryl methyl sites for hydroxylation is 2. The van der Waals surface area contributed by atoms with Gasteiger partial charge < -0.3 is 11.1 Å². The van der Waals surface area contributed by atoms with Crippen LogP contribution in [0.2, 0.25) is 0 Å². The van der Waals surface area contributed by atoms with Crippen LogP contribution in [0, 0.1) is 19.8 Å². The Morgan fingerprint density at radius 1 is 1.11 bits per heavy atom. The second-order valence-electron chi connectivity index (χ2n) is 7.42. The number of carbonyl (C=O) groups is 2. The van der Waals surface area contributed by atoms with Gasteiger partial charge in [-0.3, -0.25) is 14.5 Å². The van der Waals surface area contributed by atoms with Crippen LogP contribution in [0.4, 0.5) is 5.69 Å². The Bertz CT molecular complexity index is 799. The van der Waals surface area contributed by atoms with Gasteiger partial charge in [-0.2, -0.15) is 0 Å². The number of nitrogens with one attached hydrogen (secondary N) is 1. The smallest absolute Gasteiger partial charge is 0.246 e. The summed E-state index contributed by atoms with van der Waals surface area (Å²) in [6.45, 7) is 5.30. The first kappa shape index (κ1) is 19.1. The Morgan fingerprint density at radius 2 is 1.78 bits per heavy atom. The molecule has 1 aliphatic rings. The van der Waals surface area contributed by atoms with Gasteiger partial charge in [0.1, 0.15) is 6.04 Å². The molecule has 1 heterocycles. The van der Waals surface area contributed by atoms with E-state index < -0.39 is 6.04 Å². The van der Waals surface area contributed by atoms with Crippen LogP contribution >= 0.6 is 0 Å². The van der Waals surface area contributed by atoms with E-state index in [1.165, 1.54) is 0 Å². The number of benzene rings is 2. The molecular weight excluding hydrogens is 338 g/mol. The van der Waals surface area contributed by atoms with Crippen molar-refractivity contribution in [1.29, 1.82) is 0 Å². The van der Waals surface area contributed by atoms with Gasteiger partial charge in [-0.25, -0.2) is 0 Å². The predicted octanol–water partition coefficient (Wildman–Crippen LogP) is 3.18. The van der Waals surface area contributed by atoms with E-state index in [0.29, 0.717) is 6.54 Å². The molecule has 1 fully saturated rings. The zero-order valence-electron chi connectivity index (χ0n) is 15.9. The van der Waals surface area contributed by atoms with Crippen molar-refractivity contribution in [2.45, 2.75) is 32.7 Å². The van der Waals surface area contributed by atoms with Crippen LogP contribution in [0.3, 0.4) is 0 Å². The van der Waals surface area contributed by atoms with Crippen molar-refractivity contribution in [3.63, 3.8) is 0 Å². The van der Waals surface area contributed by atoms with E-state index in [4.69, 9.17) is 5.73 Å². The van der Waals surface area contributed by atoms with Gasteiger partial charge in [0.15, 0.2) is 0 Å². The topological polar surface area (TPSA) is 75.4 Å². The number of rotatable bonds is 5. The number of anilines is 1. The number of hydrogen-bond donors (Lipinski definition) is 2. The maximum absolute atomic E-state index is 13.2. The normalized spacial score (nSPS) is 18.7. The van der Waals surface area contributed by atoms with Crippen molar-refractivity contribution in [1.82, 2.24) is 4.90 Å². The van der Waals surface area contributed by atoms with Gasteiger partial charge >= 0.3 is 0 Å². The third kappa shape index (κ3) is 4.74. The van der Waals surface area contributed by atoms with E-state index in [9.17, 15) is 9.59 Å². The average Bonchev–Trinajstić information content (AvgIpc) is 2.62. The number of nitrogens with zero attached hydrogens (tertiary/aromatic N) is 1. The van der Waals surface area contributed by atoms with Crippen LogP contribution in [0.5, 0.6) is 0 Å². The molecule has 5 nitrogen and oxygen atoms in total.